The Labute approximate surface area is 93.7 Å². The van der Waals surface area contributed by atoms with Gasteiger partial charge in [-0.2, -0.15) is 0 Å². The Morgan fingerprint density at radius 1 is 1.33 bits per heavy atom. The van der Waals surface area contributed by atoms with Crippen molar-refractivity contribution in [2.24, 2.45) is 5.41 Å². The SMILES string of the molecule is CCC1(CCN(C)CCCOC)COC1. The van der Waals surface area contributed by atoms with E-state index in [1.807, 2.05) is 0 Å². The van der Waals surface area contributed by atoms with Crippen molar-refractivity contribution in [1.82, 2.24) is 4.90 Å². The quantitative estimate of drug-likeness (QED) is 0.576. The van der Waals surface area contributed by atoms with Crippen LogP contribution in [-0.4, -0.2) is 52.0 Å². The molecule has 1 aliphatic heterocycles. The van der Waals surface area contributed by atoms with E-state index in [0.717, 1.165) is 32.8 Å². The lowest BCUT2D eigenvalue weighted by molar-refractivity contribution is -0.121. The third kappa shape index (κ3) is 4.09. The predicted octanol–water partition coefficient (Wildman–Crippen LogP) is 1.77. The van der Waals surface area contributed by atoms with Crippen molar-refractivity contribution in [2.75, 3.05) is 47.1 Å². The van der Waals surface area contributed by atoms with Crippen LogP contribution in [0.2, 0.25) is 0 Å². The van der Waals surface area contributed by atoms with E-state index < -0.39 is 0 Å². The molecule has 1 saturated heterocycles. The number of ether oxygens (including phenoxy) is 2. The summed E-state index contributed by atoms with van der Waals surface area (Å²) in [4.78, 5) is 2.40. The highest BCUT2D eigenvalue weighted by Gasteiger charge is 2.36. The summed E-state index contributed by atoms with van der Waals surface area (Å²) in [5, 5.41) is 0. The van der Waals surface area contributed by atoms with Crippen LogP contribution >= 0.6 is 0 Å². The minimum absolute atomic E-state index is 0.496. The van der Waals surface area contributed by atoms with Gasteiger partial charge in [-0.3, -0.25) is 0 Å². The van der Waals surface area contributed by atoms with Gasteiger partial charge in [0.1, 0.15) is 0 Å². The standard InChI is InChI=1S/C12H25NO2/c1-4-12(10-15-11-12)6-8-13(2)7-5-9-14-3/h4-11H2,1-3H3. The highest BCUT2D eigenvalue weighted by Crippen LogP contribution is 2.34. The molecule has 1 fully saturated rings. The molecule has 1 aliphatic rings. The van der Waals surface area contributed by atoms with E-state index in [2.05, 4.69) is 18.9 Å². The van der Waals surface area contributed by atoms with Gasteiger partial charge in [-0.25, -0.2) is 0 Å². The summed E-state index contributed by atoms with van der Waals surface area (Å²) in [5.41, 5.74) is 0.496. The first-order valence-corrected chi connectivity index (χ1v) is 5.98. The number of hydrogen-bond donors (Lipinski definition) is 0. The summed E-state index contributed by atoms with van der Waals surface area (Å²) < 4.78 is 10.4. The molecule has 1 heterocycles. The molecule has 0 bridgehead atoms. The third-order valence-electron chi connectivity index (χ3n) is 3.48. The number of rotatable bonds is 8. The monoisotopic (exact) mass is 215 g/mol. The van der Waals surface area contributed by atoms with Gasteiger partial charge in [-0.05, 0) is 32.9 Å². The maximum Gasteiger partial charge on any atom is 0.0545 e. The van der Waals surface area contributed by atoms with Crippen molar-refractivity contribution in [1.29, 1.82) is 0 Å². The zero-order valence-electron chi connectivity index (χ0n) is 10.4. The maximum absolute atomic E-state index is 5.32. The van der Waals surface area contributed by atoms with E-state index in [-0.39, 0.29) is 0 Å². The zero-order valence-corrected chi connectivity index (χ0v) is 10.4. The lowest BCUT2D eigenvalue weighted by Crippen LogP contribution is -2.44. The molecule has 15 heavy (non-hydrogen) atoms. The first-order chi connectivity index (χ1) is 7.22. The molecule has 0 spiro atoms. The van der Waals surface area contributed by atoms with Crippen molar-refractivity contribution < 1.29 is 9.47 Å². The summed E-state index contributed by atoms with van der Waals surface area (Å²) >= 11 is 0. The smallest absolute Gasteiger partial charge is 0.0545 e. The molecule has 0 aromatic rings. The van der Waals surface area contributed by atoms with Crippen molar-refractivity contribution in [3.8, 4) is 0 Å². The van der Waals surface area contributed by atoms with Crippen LogP contribution in [0.1, 0.15) is 26.2 Å². The molecule has 3 heteroatoms. The van der Waals surface area contributed by atoms with Gasteiger partial charge >= 0.3 is 0 Å². The predicted molar refractivity (Wildman–Crippen MR) is 62.2 cm³/mol. The van der Waals surface area contributed by atoms with Crippen molar-refractivity contribution in [3.63, 3.8) is 0 Å². The van der Waals surface area contributed by atoms with Crippen LogP contribution in [0.5, 0.6) is 0 Å². The largest absolute Gasteiger partial charge is 0.385 e. The molecular formula is C12H25NO2. The summed E-state index contributed by atoms with van der Waals surface area (Å²) in [6, 6.07) is 0. The van der Waals surface area contributed by atoms with E-state index in [9.17, 15) is 0 Å². The summed E-state index contributed by atoms with van der Waals surface area (Å²) in [7, 11) is 3.95. The normalized spacial score (nSPS) is 19.2. The highest BCUT2D eigenvalue weighted by atomic mass is 16.5. The zero-order chi connectivity index (χ0) is 11.1. The van der Waals surface area contributed by atoms with E-state index in [1.54, 1.807) is 7.11 Å². The Balaban J connectivity index is 2.07. The van der Waals surface area contributed by atoms with Crippen LogP contribution in [0.25, 0.3) is 0 Å². The van der Waals surface area contributed by atoms with Crippen molar-refractivity contribution in [3.05, 3.63) is 0 Å². The fourth-order valence-corrected chi connectivity index (χ4v) is 1.93. The van der Waals surface area contributed by atoms with E-state index >= 15 is 0 Å². The molecule has 0 atom stereocenters. The molecule has 0 N–H and O–H groups in total. The van der Waals surface area contributed by atoms with Gasteiger partial charge < -0.3 is 14.4 Å². The van der Waals surface area contributed by atoms with Gasteiger partial charge in [0.15, 0.2) is 0 Å². The molecule has 0 aromatic carbocycles. The van der Waals surface area contributed by atoms with Gasteiger partial charge in [0.05, 0.1) is 13.2 Å². The average Bonchev–Trinajstić information content (AvgIpc) is 2.17. The molecule has 0 saturated carbocycles. The summed E-state index contributed by atoms with van der Waals surface area (Å²) in [6.45, 7) is 7.39. The third-order valence-corrected chi connectivity index (χ3v) is 3.48. The Kier molecular flexibility index (Phi) is 5.58. The number of methoxy groups -OCH3 is 1. The minimum Gasteiger partial charge on any atom is -0.385 e. The highest BCUT2D eigenvalue weighted by molar-refractivity contribution is 4.84. The van der Waals surface area contributed by atoms with Crippen molar-refractivity contribution >= 4 is 0 Å². The van der Waals surface area contributed by atoms with Crippen LogP contribution in [0.3, 0.4) is 0 Å². The number of hydrogen-bond acceptors (Lipinski definition) is 3. The first-order valence-electron chi connectivity index (χ1n) is 5.98. The lowest BCUT2D eigenvalue weighted by atomic mass is 9.80. The summed E-state index contributed by atoms with van der Waals surface area (Å²) in [5.74, 6) is 0. The molecule has 0 radical (unpaired) electrons. The van der Waals surface area contributed by atoms with Gasteiger partial charge in [0.2, 0.25) is 0 Å². The van der Waals surface area contributed by atoms with Gasteiger partial charge in [0, 0.05) is 25.7 Å². The Bertz CT molecular complexity index is 163. The Hall–Kier alpha value is -0.120. The lowest BCUT2D eigenvalue weighted by Gasteiger charge is -2.41. The van der Waals surface area contributed by atoms with Crippen LogP contribution in [0, 0.1) is 5.41 Å². The van der Waals surface area contributed by atoms with E-state index in [1.165, 1.54) is 19.4 Å². The second-order valence-electron chi connectivity index (χ2n) is 4.75. The van der Waals surface area contributed by atoms with Crippen molar-refractivity contribution in [2.45, 2.75) is 26.2 Å². The van der Waals surface area contributed by atoms with Gasteiger partial charge in [0.25, 0.3) is 0 Å². The van der Waals surface area contributed by atoms with Crippen LogP contribution in [0.15, 0.2) is 0 Å². The van der Waals surface area contributed by atoms with E-state index in [0.29, 0.717) is 5.41 Å². The Morgan fingerprint density at radius 2 is 2.07 bits per heavy atom. The minimum atomic E-state index is 0.496. The second-order valence-corrected chi connectivity index (χ2v) is 4.75. The molecule has 0 aromatic heterocycles. The first kappa shape index (κ1) is 12.9. The fraction of sp³-hybridized carbons (Fsp3) is 1.00. The fourth-order valence-electron chi connectivity index (χ4n) is 1.93. The van der Waals surface area contributed by atoms with E-state index in [4.69, 9.17) is 9.47 Å². The molecule has 0 aliphatic carbocycles. The van der Waals surface area contributed by atoms with Crippen LogP contribution in [0.4, 0.5) is 0 Å². The molecule has 0 amide bonds. The molecule has 3 nitrogen and oxygen atoms in total. The van der Waals surface area contributed by atoms with Gasteiger partial charge in [-0.1, -0.05) is 6.92 Å². The second kappa shape index (κ2) is 6.46. The topological polar surface area (TPSA) is 21.7 Å². The molecule has 0 unspecified atom stereocenters. The van der Waals surface area contributed by atoms with Gasteiger partial charge in [-0.15, -0.1) is 0 Å². The van der Waals surface area contributed by atoms with Crippen LogP contribution in [-0.2, 0) is 9.47 Å². The Morgan fingerprint density at radius 3 is 2.53 bits per heavy atom. The average molecular weight is 215 g/mol. The molecular weight excluding hydrogens is 190 g/mol. The summed E-state index contributed by atoms with van der Waals surface area (Å²) in [6.07, 6.45) is 3.65. The number of nitrogens with zero attached hydrogens (tertiary/aromatic N) is 1. The molecule has 1 rings (SSSR count). The maximum atomic E-state index is 5.32. The molecule has 90 valence electrons. The van der Waals surface area contributed by atoms with Crippen LogP contribution < -0.4 is 0 Å².